The number of nitrogens with one attached hydrogen (secondary N) is 1. The van der Waals surface area contributed by atoms with Crippen LogP contribution >= 0.6 is 11.8 Å². The van der Waals surface area contributed by atoms with Crippen molar-refractivity contribution >= 4 is 11.8 Å². The van der Waals surface area contributed by atoms with Gasteiger partial charge >= 0.3 is 0 Å². The van der Waals surface area contributed by atoms with Crippen LogP contribution in [0.3, 0.4) is 0 Å². The van der Waals surface area contributed by atoms with Gasteiger partial charge in [0.25, 0.3) is 0 Å². The fraction of sp³-hybridized carbons (Fsp3) is 1.00. The van der Waals surface area contributed by atoms with Crippen LogP contribution < -0.4 is 5.32 Å². The van der Waals surface area contributed by atoms with Gasteiger partial charge in [-0.05, 0) is 37.9 Å². The fourth-order valence-electron chi connectivity index (χ4n) is 1.31. The fourth-order valence-corrected chi connectivity index (χ4v) is 2.06. The highest BCUT2D eigenvalue weighted by molar-refractivity contribution is 7.99. The molecule has 0 saturated heterocycles. The van der Waals surface area contributed by atoms with Crippen molar-refractivity contribution in [2.75, 3.05) is 18.1 Å². The summed E-state index contributed by atoms with van der Waals surface area (Å²) in [5, 5.41) is 3.58. The predicted octanol–water partition coefficient (Wildman–Crippen LogP) is 3.54. The summed E-state index contributed by atoms with van der Waals surface area (Å²) in [6.07, 6.45) is 3.96. The van der Waals surface area contributed by atoms with Gasteiger partial charge in [0.1, 0.15) is 0 Å². The highest BCUT2D eigenvalue weighted by Crippen LogP contribution is 2.06. The Balaban J connectivity index is 3.14. The van der Waals surface area contributed by atoms with Crippen molar-refractivity contribution < 1.29 is 0 Å². The van der Waals surface area contributed by atoms with Crippen molar-refractivity contribution in [3.63, 3.8) is 0 Å². The Morgan fingerprint density at radius 2 is 1.79 bits per heavy atom. The van der Waals surface area contributed by atoms with Gasteiger partial charge in [-0.25, -0.2) is 0 Å². The SMILES string of the molecule is CCCSCCNC(C)CCC(C)C. The molecule has 1 N–H and O–H groups in total. The Hall–Kier alpha value is 0.310. The molecule has 0 aromatic rings. The van der Waals surface area contributed by atoms with E-state index in [4.69, 9.17) is 0 Å². The molecule has 0 saturated carbocycles. The molecule has 1 atom stereocenters. The van der Waals surface area contributed by atoms with Crippen molar-refractivity contribution in [3.8, 4) is 0 Å². The largest absolute Gasteiger partial charge is 0.313 e. The van der Waals surface area contributed by atoms with Crippen molar-refractivity contribution in [1.82, 2.24) is 5.32 Å². The second-order valence-corrected chi connectivity index (χ2v) is 5.66. The summed E-state index contributed by atoms with van der Waals surface area (Å²) in [4.78, 5) is 0. The summed E-state index contributed by atoms with van der Waals surface area (Å²) in [6.45, 7) is 10.3. The Kier molecular flexibility index (Phi) is 10.1. The summed E-state index contributed by atoms with van der Waals surface area (Å²) in [5.41, 5.74) is 0. The van der Waals surface area contributed by atoms with Crippen molar-refractivity contribution in [2.24, 2.45) is 5.92 Å². The molecule has 0 heterocycles. The van der Waals surface area contributed by atoms with Gasteiger partial charge in [0, 0.05) is 18.3 Å². The molecule has 0 amide bonds. The predicted molar refractivity (Wildman–Crippen MR) is 69.2 cm³/mol. The van der Waals surface area contributed by atoms with E-state index in [2.05, 4.69) is 44.8 Å². The van der Waals surface area contributed by atoms with Crippen molar-refractivity contribution in [1.29, 1.82) is 0 Å². The zero-order chi connectivity index (χ0) is 10.8. The minimum Gasteiger partial charge on any atom is -0.313 e. The smallest absolute Gasteiger partial charge is 0.00581 e. The second-order valence-electron chi connectivity index (χ2n) is 4.44. The monoisotopic (exact) mass is 217 g/mol. The molecule has 1 unspecified atom stereocenters. The molecule has 0 radical (unpaired) electrons. The lowest BCUT2D eigenvalue weighted by molar-refractivity contribution is 0.460. The molecule has 0 aliphatic carbocycles. The molecule has 0 bridgehead atoms. The Morgan fingerprint density at radius 1 is 1.07 bits per heavy atom. The highest BCUT2D eigenvalue weighted by atomic mass is 32.2. The summed E-state index contributed by atoms with van der Waals surface area (Å²) in [6, 6.07) is 0.694. The van der Waals surface area contributed by atoms with Crippen LogP contribution in [0.15, 0.2) is 0 Å². The van der Waals surface area contributed by atoms with E-state index in [1.54, 1.807) is 0 Å². The van der Waals surface area contributed by atoms with Crippen LogP contribution in [0.5, 0.6) is 0 Å². The quantitative estimate of drug-likeness (QED) is 0.593. The van der Waals surface area contributed by atoms with Crippen LogP contribution in [0.1, 0.15) is 47.0 Å². The van der Waals surface area contributed by atoms with E-state index < -0.39 is 0 Å². The standard InChI is InChI=1S/C12H27NS/c1-5-9-14-10-8-13-12(4)7-6-11(2)3/h11-13H,5-10H2,1-4H3. The zero-order valence-corrected chi connectivity index (χ0v) is 11.1. The van der Waals surface area contributed by atoms with Gasteiger partial charge in [-0.15, -0.1) is 0 Å². The van der Waals surface area contributed by atoms with Crippen LogP contribution in [0, 0.1) is 5.92 Å². The number of thioether (sulfide) groups is 1. The van der Waals surface area contributed by atoms with Gasteiger partial charge in [-0.3, -0.25) is 0 Å². The Bertz CT molecular complexity index is 115. The molecular formula is C12H27NS. The molecule has 0 aromatic carbocycles. The Labute approximate surface area is 94.4 Å². The first-order valence-electron chi connectivity index (χ1n) is 5.98. The first-order chi connectivity index (χ1) is 6.66. The van der Waals surface area contributed by atoms with Crippen LogP contribution in [0.2, 0.25) is 0 Å². The van der Waals surface area contributed by atoms with E-state index in [-0.39, 0.29) is 0 Å². The summed E-state index contributed by atoms with van der Waals surface area (Å²) >= 11 is 2.06. The molecule has 0 rings (SSSR count). The van der Waals surface area contributed by atoms with E-state index in [9.17, 15) is 0 Å². The normalized spacial score (nSPS) is 13.5. The third-order valence-corrected chi connectivity index (χ3v) is 3.45. The number of hydrogen-bond acceptors (Lipinski definition) is 2. The van der Waals surface area contributed by atoms with Gasteiger partial charge in [-0.1, -0.05) is 20.8 Å². The number of hydrogen-bond donors (Lipinski definition) is 1. The molecule has 14 heavy (non-hydrogen) atoms. The van der Waals surface area contributed by atoms with Crippen molar-refractivity contribution in [2.45, 2.75) is 53.0 Å². The van der Waals surface area contributed by atoms with Gasteiger partial charge in [0.15, 0.2) is 0 Å². The minimum atomic E-state index is 0.694. The molecular weight excluding hydrogens is 190 g/mol. The molecule has 86 valence electrons. The van der Waals surface area contributed by atoms with Gasteiger partial charge in [-0.2, -0.15) is 11.8 Å². The first kappa shape index (κ1) is 14.3. The topological polar surface area (TPSA) is 12.0 Å². The van der Waals surface area contributed by atoms with Crippen LogP contribution in [0.25, 0.3) is 0 Å². The van der Waals surface area contributed by atoms with E-state index >= 15 is 0 Å². The molecule has 0 spiro atoms. The molecule has 0 aliphatic rings. The lowest BCUT2D eigenvalue weighted by Gasteiger charge is -2.14. The summed E-state index contributed by atoms with van der Waals surface area (Å²) in [7, 11) is 0. The maximum atomic E-state index is 3.58. The molecule has 0 aliphatic heterocycles. The van der Waals surface area contributed by atoms with Crippen molar-refractivity contribution in [3.05, 3.63) is 0 Å². The second kappa shape index (κ2) is 9.85. The minimum absolute atomic E-state index is 0.694. The molecule has 1 nitrogen and oxygen atoms in total. The van der Waals surface area contributed by atoms with Crippen LogP contribution in [-0.4, -0.2) is 24.1 Å². The third-order valence-electron chi connectivity index (χ3n) is 2.26. The zero-order valence-electron chi connectivity index (χ0n) is 10.3. The Morgan fingerprint density at radius 3 is 2.36 bits per heavy atom. The molecule has 0 aromatic heterocycles. The lowest BCUT2D eigenvalue weighted by atomic mass is 10.0. The van der Waals surface area contributed by atoms with E-state index in [0.29, 0.717) is 6.04 Å². The van der Waals surface area contributed by atoms with Crippen LogP contribution in [-0.2, 0) is 0 Å². The lowest BCUT2D eigenvalue weighted by Crippen LogP contribution is -2.28. The van der Waals surface area contributed by atoms with Gasteiger partial charge in [0.2, 0.25) is 0 Å². The third kappa shape index (κ3) is 10.4. The first-order valence-corrected chi connectivity index (χ1v) is 7.13. The molecule has 2 heteroatoms. The highest BCUT2D eigenvalue weighted by Gasteiger charge is 2.02. The average Bonchev–Trinajstić information content (AvgIpc) is 2.14. The summed E-state index contributed by atoms with van der Waals surface area (Å²) in [5.74, 6) is 3.41. The van der Waals surface area contributed by atoms with E-state index in [1.807, 2.05) is 0 Å². The maximum Gasteiger partial charge on any atom is 0.00581 e. The van der Waals surface area contributed by atoms with E-state index in [1.165, 1.54) is 37.3 Å². The summed E-state index contributed by atoms with van der Waals surface area (Å²) < 4.78 is 0. The number of rotatable bonds is 9. The molecule has 0 fully saturated rings. The van der Waals surface area contributed by atoms with Crippen LogP contribution in [0.4, 0.5) is 0 Å². The maximum absolute atomic E-state index is 3.58. The van der Waals surface area contributed by atoms with Gasteiger partial charge in [0.05, 0.1) is 0 Å². The average molecular weight is 217 g/mol. The van der Waals surface area contributed by atoms with Gasteiger partial charge < -0.3 is 5.32 Å². The van der Waals surface area contributed by atoms with E-state index in [0.717, 1.165) is 5.92 Å².